The average Bonchev–Trinajstić information content (AvgIpc) is 2.30. The van der Waals surface area contributed by atoms with Crippen LogP contribution in [0, 0.1) is 0 Å². The highest BCUT2D eigenvalue weighted by atomic mass is 16.5. The van der Waals surface area contributed by atoms with E-state index in [2.05, 4.69) is 43.1 Å². The van der Waals surface area contributed by atoms with Gasteiger partial charge in [-0.2, -0.15) is 0 Å². The van der Waals surface area contributed by atoms with Crippen molar-refractivity contribution in [2.45, 2.75) is 83.3 Å². The molecule has 1 heterocycles. The summed E-state index contributed by atoms with van der Waals surface area (Å²) >= 11 is 0. The molecule has 1 aliphatic rings. The summed E-state index contributed by atoms with van der Waals surface area (Å²) in [6.45, 7) is 8.68. The van der Waals surface area contributed by atoms with Gasteiger partial charge in [0.2, 0.25) is 5.91 Å². The van der Waals surface area contributed by atoms with E-state index in [1.54, 1.807) is 0 Å². The van der Waals surface area contributed by atoms with E-state index in [9.17, 15) is 9.59 Å². The summed E-state index contributed by atoms with van der Waals surface area (Å²) in [7, 11) is 1.38. The van der Waals surface area contributed by atoms with Crippen molar-refractivity contribution < 1.29 is 14.3 Å². The molecular weight excluding hydrogens is 268 g/mol. The molecule has 21 heavy (non-hydrogen) atoms. The lowest BCUT2D eigenvalue weighted by molar-refractivity contribution is -0.140. The number of amides is 1. The van der Waals surface area contributed by atoms with Crippen LogP contribution in [-0.2, 0) is 14.3 Å². The number of ether oxygens (including phenoxy) is 1. The maximum atomic E-state index is 12.0. The van der Waals surface area contributed by atoms with Crippen molar-refractivity contribution in [1.82, 2.24) is 10.6 Å². The molecule has 0 aromatic carbocycles. The van der Waals surface area contributed by atoms with Gasteiger partial charge >= 0.3 is 5.97 Å². The summed E-state index contributed by atoms with van der Waals surface area (Å²) < 4.78 is 4.58. The van der Waals surface area contributed by atoms with Crippen LogP contribution in [0.25, 0.3) is 0 Å². The topological polar surface area (TPSA) is 67.4 Å². The van der Waals surface area contributed by atoms with E-state index in [-0.39, 0.29) is 29.0 Å². The van der Waals surface area contributed by atoms with Gasteiger partial charge in [-0.3, -0.25) is 9.59 Å². The molecule has 0 aromatic heterocycles. The Morgan fingerprint density at radius 3 is 2.14 bits per heavy atom. The molecular formula is C16H30N2O3. The molecule has 0 bridgehead atoms. The molecule has 5 nitrogen and oxygen atoms in total. The van der Waals surface area contributed by atoms with Gasteiger partial charge < -0.3 is 15.4 Å². The van der Waals surface area contributed by atoms with Crippen LogP contribution in [0.15, 0.2) is 0 Å². The summed E-state index contributed by atoms with van der Waals surface area (Å²) in [4.78, 5) is 23.0. The number of nitrogens with one attached hydrogen (secondary N) is 2. The van der Waals surface area contributed by atoms with E-state index in [0.29, 0.717) is 19.3 Å². The van der Waals surface area contributed by atoms with E-state index in [1.807, 2.05) is 0 Å². The maximum absolute atomic E-state index is 12.0. The highest BCUT2D eigenvalue weighted by Gasteiger charge is 2.37. The fraction of sp³-hybridized carbons (Fsp3) is 0.875. The van der Waals surface area contributed by atoms with Crippen molar-refractivity contribution in [3.63, 3.8) is 0 Å². The van der Waals surface area contributed by atoms with Gasteiger partial charge in [0.25, 0.3) is 0 Å². The molecule has 0 aromatic rings. The van der Waals surface area contributed by atoms with Gasteiger partial charge in [0.05, 0.1) is 7.11 Å². The van der Waals surface area contributed by atoms with E-state index in [1.165, 1.54) is 7.11 Å². The largest absolute Gasteiger partial charge is 0.469 e. The van der Waals surface area contributed by atoms with Crippen LogP contribution < -0.4 is 10.6 Å². The maximum Gasteiger partial charge on any atom is 0.305 e. The normalized spacial score (nSPS) is 20.8. The quantitative estimate of drug-likeness (QED) is 0.582. The average molecular weight is 298 g/mol. The van der Waals surface area contributed by atoms with Gasteiger partial charge in [-0.25, -0.2) is 0 Å². The lowest BCUT2D eigenvalue weighted by Gasteiger charge is -2.46. The zero-order chi connectivity index (χ0) is 16.1. The van der Waals surface area contributed by atoms with Crippen LogP contribution >= 0.6 is 0 Å². The van der Waals surface area contributed by atoms with Gasteiger partial charge in [0.1, 0.15) is 0 Å². The molecule has 2 N–H and O–H groups in total. The number of carbonyl (C=O) groups is 2. The van der Waals surface area contributed by atoms with Gasteiger partial charge in [0, 0.05) is 30.0 Å². The fourth-order valence-electron chi connectivity index (χ4n) is 3.38. The number of unbranched alkanes of at least 4 members (excludes halogenated alkanes) is 1. The first-order chi connectivity index (χ1) is 9.63. The Morgan fingerprint density at radius 2 is 1.62 bits per heavy atom. The van der Waals surface area contributed by atoms with Gasteiger partial charge in [-0.1, -0.05) is 0 Å². The zero-order valence-corrected chi connectivity index (χ0v) is 14.0. The number of carbonyl (C=O) groups excluding carboxylic acids is 2. The molecule has 1 fully saturated rings. The van der Waals surface area contributed by atoms with Gasteiger partial charge in [-0.15, -0.1) is 0 Å². The summed E-state index contributed by atoms with van der Waals surface area (Å²) in [5, 5.41) is 6.74. The standard InChI is InChI=1S/C16H30N2O3/c1-15(2)10-12(11-16(3,4)18-15)17-13(19)8-6-7-9-14(20)21-5/h12,18H,6-11H2,1-5H3,(H,17,19). The van der Waals surface area contributed by atoms with E-state index >= 15 is 0 Å². The van der Waals surface area contributed by atoms with Crippen LogP contribution in [0.4, 0.5) is 0 Å². The number of hydrogen-bond acceptors (Lipinski definition) is 4. The predicted molar refractivity (Wildman–Crippen MR) is 82.9 cm³/mol. The third-order valence-electron chi connectivity index (χ3n) is 3.82. The molecule has 0 unspecified atom stereocenters. The Labute approximate surface area is 128 Å². The highest BCUT2D eigenvalue weighted by molar-refractivity contribution is 5.76. The summed E-state index contributed by atoms with van der Waals surface area (Å²) in [5.74, 6) is -0.129. The third-order valence-corrected chi connectivity index (χ3v) is 3.82. The molecule has 122 valence electrons. The molecule has 1 amide bonds. The number of methoxy groups -OCH3 is 1. The second kappa shape index (κ2) is 7.25. The Bertz CT molecular complexity index is 362. The second-order valence-electron chi connectivity index (χ2n) is 7.35. The molecule has 1 rings (SSSR count). The first-order valence-electron chi connectivity index (χ1n) is 7.79. The van der Waals surface area contributed by atoms with Crippen molar-refractivity contribution in [1.29, 1.82) is 0 Å². The van der Waals surface area contributed by atoms with E-state index in [4.69, 9.17) is 0 Å². The van der Waals surface area contributed by atoms with Crippen LogP contribution in [0.1, 0.15) is 66.2 Å². The van der Waals surface area contributed by atoms with Crippen LogP contribution in [0.5, 0.6) is 0 Å². The van der Waals surface area contributed by atoms with Gasteiger partial charge in [0.15, 0.2) is 0 Å². The number of esters is 1. The fourth-order valence-corrected chi connectivity index (χ4v) is 3.38. The zero-order valence-electron chi connectivity index (χ0n) is 14.0. The summed E-state index contributed by atoms with van der Waals surface area (Å²) in [6, 6.07) is 0.212. The van der Waals surface area contributed by atoms with Crippen LogP contribution in [0.3, 0.4) is 0 Å². The smallest absolute Gasteiger partial charge is 0.305 e. The lowest BCUT2D eigenvalue weighted by Crippen LogP contribution is -2.62. The minimum Gasteiger partial charge on any atom is -0.469 e. The van der Waals surface area contributed by atoms with Crippen molar-refractivity contribution in [3.05, 3.63) is 0 Å². The van der Waals surface area contributed by atoms with Crippen molar-refractivity contribution >= 4 is 11.9 Å². The van der Waals surface area contributed by atoms with Crippen molar-refractivity contribution in [2.75, 3.05) is 7.11 Å². The first-order valence-corrected chi connectivity index (χ1v) is 7.79. The second-order valence-corrected chi connectivity index (χ2v) is 7.35. The number of piperidine rings is 1. The molecule has 0 aliphatic carbocycles. The Hall–Kier alpha value is -1.10. The summed E-state index contributed by atoms with van der Waals surface area (Å²) in [5.41, 5.74) is 0.0646. The molecule has 1 saturated heterocycles. The van der Waals surface area contributed by atoms with Crippen molar-refractivity contribution in [2.24, 2.45) is 0 Å². The molecule has 0 radical (unpaired) electrons. The van der Waals surface area contributed by atoms with E-state index in [0.717, 1.165) is 19.3 Å². The summed E-state index contributed by atoms with van der Waals surface area (Å²) in [6.07, 6.45) is 4.15. The predicted octanol–water partition coefficient (Wildman–Crippen LogP) is 2.15. The number of hydrogen-bond donors (Lipinski definition) is 2. The molecule has 0 spiro atoms. The lowest BCUT2D eigenvalue weighted by atomic mass is 9.79. The monoisotopic (exact) mass is 298 g/mol. The van der Waals surface area contributed by atoms with Crippen LogP contribution in [0.2, 0.25) is 0 Å². The van der Waals surface area contributed by atoms with Crippen molar-refractivity contribution in [3.8, 4) is 0 Å². The molecule has 0 atom stereocenters. The van der Waals surface area contributed by atoms with E-state index < -0.39 is 0 Å². The SMILES string of the molecule is COC(=O)CCCCC(=O)NC1CC(C)(C)NC(C)(C)C1. The Morgan fingerprint density at radius 1 is 1.10 bits per heavy atom. The molecule has 5 heteroatoms. The van der Waals surface area contributed by atoms with Gasteiger partial charge in [-0.05, 0) is 53.4 Å². The number of rotatable bonds is 6. The minimum atomic E-state index is -0.211. The van der Waals surface area contributed by atoms with Crippen LogP contribution in [-0.4, -0.2) is 36.1 Å². The minimum absolute atomic E-state index is 0.0323. The molecule has 0 saturated carbocycles. The molecule has 1 aliphatic heterocycles. The third kappa shape index (κ3) is 6.93. The highest BCUT2D eigenvalue weighted by Crippen LogP contribution is 2.28. The first kappa shape index (κ1) is 18.0. The Kier molecular flexibility index (Phi) is 6.20. The Balaban J connectivity index is 2.32.